The Hall–Kier alpha value is -4.20. The highest BCUT2D eigenvalue weighted by Gasteiger charge is 2.34. The van der Waals surface area contributed by atoms with Crippen molar-refractivity contribution in [3.63, 3.8) is 0 Å². The zero-order chi connectivity index (χ0) is 25.4. The van der Waals surface area contributed by atoms with Gasteiger partial charge in [0, 0.05) is 30.6 Å². The lowest BCUT2D eigenvalue weighted by Gasteiger charge is -2.14. The summed E-state index contributed by atoms with van der Waals surface area (Å²) in [5.74, 6) is -2.70. The maximum absolute atomic E-state index is 13.8. The molecule has 3 rings (SSSR count). The number of allylic oxidation sites excluding steroid dienone is 4. The van der Waals surface area contributed by atoms with E-state index < -0.39 is 17.7 Å². The van der Waals surface area contributed by atoms with Crippen molar-refractivity contribution in [1.82, 2.24) is 14.4 Å². The SMILES string of the molecule is C=N/C(C(=O)CCC(C(=O)OCC)C(=O)c1nc2ccccn2c1-c1ccncc1)=C(C)\C=C/C. The van der Waals surface area contributed by atoms with Crippen molar-refractivity contribution in [2.24, 2.45) is 10.9 Å². The Morgan fingerprint density at radius 1 is 1.20 bits per heavy atom. The maximum Gasteiger partial charge on any atom is 0.316 e. The van der Waals surface area contributed by atoms with Gasteiger partial charge < -0.3 is 4.74 Å². The van der Waals surface area contributed by atoms with Crippen molar-refractivity contribution in [2.45, 2.75) is 33.6 Å². The number of ether oxygens (including phenoxy) is 1. The molecule has 0 aliphatic rings. The molecule has 0 aliphatic heterocycles. The number of aromatic nitrogens is 3. The fourth-order valence-electron chi connectivity index (χ4n) is 3.87. The Morgan fingerprint density at radius 2 is 1.94 bits per heavy atom. The Morgan fingerprint density at radius 3 is 2.60 bits per heavy atom. The fraction of sp³-hybridized carbons (Fsp3) is 0.259. The van der Waals surface area contributed by atoms with E-state index >= 15 is 0 Å². The number of pyridine rings is 2. The minimum Gasteiger partial charge on any atom is -0.465 e. The van der Waals surface area contributed by atoms with Gasteiger partial charge in [-0.1, -0.05) is 18.2 Å². The lowest BCUT2D eigenvalue weighted by molar-refractivity contribution is -0.146. The van der Waals surface area contributed by atoms with Crippen LogP contribution in [0.4, 0.5) is 0 Å². The zero-order valence-electron chi connectivity index (χ0n) is 20.1. The molecule has 0 radical (unpaired) electrons. The van der Waals surface area contributed by atoms with Crippen LogP contribution in [0.3, 0.4) is 0 Å². The van der Waals surface area contributed by atoms with Crippen molar-refractivity contribution >= 4 is 29.9 Å². The summed E-state index contributed by atoms with van der Waals surface area (Å²) < 4.78 is 6.99. The van der Waals surface area contributed by atoms with Gasteiger partial charge in [-0.3, -0.25) is 28.8 Å². The quantitative estimate of drug-likeness (QED) is 0.100. The molecule has 0 N–H and O–H groups in total. The van der Waals surface area contributed by atoms with E-state index in [1.807, 2.05) is 19.1 Å². The van der Waals surface area contributed by atoms with Crippen molar-refractivity contribution in [2.75, 3.05) is 6.61 Å². The van der Waals surface area contributed by atoms with E-state index in [1.54, 1.807) is 67.2 Å². The van der Waals surface area contributed by atoms with E-state index in [2.05, 4.69) is 21.7 Å². The van der Waals surface area contributed by atoms with Gasteiger partial charge in [0.05, 0.1) is 12.3 Å². The van der Waals surface area contributed by atoms with Crippen LogP contribution in [0, 0.1) is 5.92 Å². The Labute approximate surface area is 204 Å². The maximum atomic E-state index is 13.8. The summed E-state index contributed by atoms with van der Waals surface area (Å²) >= 11 is 0. The molecule has 0 bridgehead atoms. The van der Waals surface area contributed by atoms with Crippen LogP contribution in [0.15, 0.2) is 77.3 Å². The van der Waals surface area contributed by atoms with Gasteiger partial charge >= 0.3 is 5.97 Å². The van der Waals surface area contributed by atoms with Gasteiger partial charge in [0.15, 0.2) is 11.6 Å². The molecule has 3 heterocycles. The number of imidazole rings is 1. The summed E-state index contributed by atoms with van der Waals surface area (Å²) in [5, 5.41) is 0. The number of aliphatic imine (C=N–C) groups is 1. The highest BCUT2D eigenvalue weighted by Crippen LogP contribution is 2.28. The number of rotatable bonds is 11. The van der Waals surface area contributed by atoms with E-state index in [0.717, 1.165) is 5.56 Å². The van der Waals surface area contributed by atoms with Gasteiger partial charge in [-0.2, -0.15) is 0 Å². The van der Waals surface area contributed by atoms with Crippen LogP contribution >= 0.6 is 0 Å². The summed E-state index contributed by atoms with van der Waals surface area (Å²) in [6.07, 6.45) is 8.48. The second kappa shape index (κ2) is 11.8. The standard InChI is InChI=1S/C27H28N4O4/c1-5-9-18(3)23(28-4)21(32)12-11-20(27(34)35-6-2)26(33)24-25(19-13-15-29-16-14-19)31-17-8-7-10-22(31)30-24/h5,7-10,13-17,20H,4,6,11-12H2,1-3H3/b9-5-,23-18-. The highest BCUT2D eigenvalue weighted by molar-refractivity contribution is 6.11. The molecule has 8 nitrogen and oxygen atoms in total. The second-order valence-electron chi connectivity index (χ2n) is 7.79. The molecule has 0 aromatic carbocycles. The summed E-state index contributed by atoms with van der Waals surface area (Å²) in [7, 11) is 0. The van der Waals surface area contributed by atoms with Gasteiger partial charge in [-0.05, 0) is 63.7 Å². The van der Waals surface area contributed by atoms with Crippen LogP contribution in [-0.4, -0.2) is 45.2 Å². The topological polar surface area (TPSA) is 103 Å². The fourth-order valence-corrected chi connectivity index (χ4v) is 3.87. The number of hydrogen-bond donors (Lipinski definition) is 0. The van der Waals surface area contributed by atoms with Crippen molar-refractivity contribution < 1.29 is 19.1 Å². The van der Waals surface area contributed by atoms with Crippen molar-refractivity contribution in [3.05, 3.63) is 78.0 Å². The number of hydrogen-bond acceptors (Lipinski definition) is 7. The van der Waals surface area contributed by atoms with Crippen LogP contribution in [0.5, 0.6) is 0 Å². The largest absolute Gasteiger partial charge is 0.465 e. The molecule has 1 atom stereocenters. The molecule has 1 unspecified atom stereocenters. The molecule has 3 aromatic heterocycles. The van der Waals surface area contributed by atoms with Crippen LogP contribution < -0.4 is 0 Å². The zero-order valence-corrected chi connectivity index (χ0v) is 20.1. The monoisotopic (exact) mass is 472 g/mol. The van der Waals surface area contributed by atoms with E-state index in [-0.39, 0.29) is 36.6 Å². The van der Waals surface area contributed by atoms with Crippen LogP contribution in [0.25, 0.3) is 16.9 Å². The number of fused-ring (bicyclic) bond motifs is 1. The van der Waals surface area contributed by atoms with Gasteiger partial charge in [0.2, 0.25) is 0 Å². The number of carbonyl (C=O) groups excluding carboxylic acids is 3. The predicted octanol–water partition coefficient (Wildman–Crippen LogP) is 4.66. The number of nitrogens with zero attached hydrogens (tertiary/aromatic N) is 4. The lowest BCUT2D eigenvalue weighted by atomic mass is 9.92. The number of Topliss-reactive ketones (excluding diaryl/α,β-unsaturated/α-hetero) is 2. The first-order valence-electron chi connectivity index (χ1n) is 11.3. The molecule has 0 amide bonds. The first kappa shape index (κ1) is 25.4. The average molecular weight is 473 g/mol. The first-order valence-corrected chi connectivity index (χ1v) is 11.3. The molecular formula is C27H28N4O4. The second-order valence-corrected chi connectivity index (χ2v) is 7.79. The van der Waals surface area contributed by atoms with Crippen LogP contribution in [0.2, 0.25) is 0 Å². The van der Waals surface area contributed by atoms with E-state index in [9.17, 15) is 14.4 Å². The average Bonchev–Trinajstić information content (AvgIpc) is 3.25. The summed E-state index contributed by atoms with van der Waals surface area (Å²) in [6, 6.07) is 8.97. The molecular weight excluding hydrogens is 444 g/mol. The van der Waals surface area contributed by atoms with Gasteiger partial charge in [-0.15, -0.1) is 0 Å². The molecule has 8 heteroatoms. The summed E-state index contributed by atoms with van der Waals surface area (Å²) in [5.41, 5.74) is 2.84. The minimum atomic E-state index is -1.20. The Kier molecular flexibility index (Phi) is 8.56. The number of ketones is 2. The smallest absolute Gasteiger partial charge is 0.316 e. The van der Waals surface area contributed by atoms with E-state index in [4.69, 9.17) is 4.74 Å². The molecule has 0 spiro atoms. The van der Waals surface area contributed by atoms with Gasteiger partial charge in [-0.25, -0.2) is 4.98 Å². The van der Waals surface area contributed by atoms with Gasteiger partial charge in [0.1, 0.15) is 23.0 Å². The Balaban J connectivity index is 2.01. The number of esters is 1. The minimum absolute atomic E-state index is 0.0394. The first-order chi connectivity index (χ1) is 16.9. The van der Waals surface area contributed by atoms with Crippen LogP contribution in [0.1, 0.15) is 44.1 Å². The normalized spacial score (nSPS) is 12.9. The number of carbonyl (C=O) groups is 3. The highest BCUT2D eigenvalue weighted by atomic mass is 16.5. The van der Waals surface area contributed by atoms with E-state index in [1.165, 1.54) is 0 Å². The van der Waals surface area contributed by atoms with Gasteiger partial charge in [0.25, 0.3) is 0 Å². The molecule has 0 saturated heterocycles. The van der Waals surface area contributed by atoms with Crippen LogP contribution in [-0.2, 0) is 14.3 Å². The third kappa shape index (κ3) is 5.66. The lowest BCUT2D eigenvalue weighted by Crippen LogP contribution is -2.28. The van der Waals surface area contributed by atoms with Crippen molar-refractivity contribution in [1.29, 1.82) is 0 Å². The van der Waals surface area contributed by atoms with Crippen molar-refractivity contribution in [3.8, 4) is 11.3 Å². The molecule has 180 valence electrons. The molecule has 0 fully saturated rings. The predicted molar refractivity (Wildman–Crippen MR) is 134 cm³/mol. The summed E-state index contributed by atoms with van der Waals surface area (Å²) in [4.78, 5) is 51.9. The summed E-state index contributed by atoms with van der Waals surface area (Å²) in [6.45, 7) is 8.86. The van der Waals surface area contributed by atoms with E-state index in [0.29, 0.717) is 16.9 Å². The molecule has 0 saturated carbocycles. The molecule has 3 aromatic rings. The molecule has 35 heavy (non-hydrogen) atoms. The third-order valence-electron chi connectivity index (χ3n) is 5.48. The molecule has 0 aliphatic carbocycles. The Bertz CT molecular complexity index is 1310. The third-order valence-corrected chi connectivity index (χ3v) is 5.48.